The van der Waals surface area contributed by atoms with Crippen molar-refractivity contribution in [2.24, 2.45) is 5.92 Å². The highest BCUT2D eigenvalue weighted by atomic mass is 16.6. The van der Waals surface area contributed by atoms with Gasteiger partial charge in [-0.1, -0.05) is 167 Å². The number of allylic oxidation sites excluding steroid dienone is 4. The molecule has 51 heavy (non-hydrogen) atoms. The summed E-state index contributed by atoms with van der Waals surface area (Å²) < 4.78 is 11.5. The molecule has 0 amide bonds. The zero-order valence-corrected chi connectivity index (χ0v) is 34.9. The molecule has 1 atom stereocenters. The Balaban J connectivity index is 4.32. The zero-order chi connectivity index (χ0) is 37.5. The minimum absolute atomic E-state index is 0.101. The van der Waals surface area contributed by atoms with Crippen LogP contribution in [0.15, 0.2) is 24.3 Å². The van der Waals surface area contributed by atoms with Crippen LogP contribution in [0.1, 0.15) is 220 Å². The normalized spacial score (nSPS) is 12.5. The van der Waals surface area contributed by atoms with Gasteiger partial charge in [0.25, 0.3) is 0 Å². The molecule has 5 nitrogen and oxygen atoms in total. The van der Waals surface area contributed by atoms with Gasteiger partial charge in [-0.2, -0.15) is 0 Å². The standard InChI is InChI=1S/C46H87NO4/c1-6-9-12-15-16-17-18-19-20-21-22-23-24-25-26-31-37-44(51-46(49)39-33-41-47(4)5)40-42-50-45(48)38-32-27-30-36-43(34-28-13-10-7-2)35-29-14-11-8-3/h16-17,19-20,43-44H,6-15,18,21-42H2,1-5H3. The quantitative estimate of drug-likeness (QED) is 0.0360. The number of ether oxygens (including phenoxy) is 2. The first-order valence-electron chi connectivity index (χ1n) is 22.2. The summed E-state index contributed by atoms with van der Waals surface area (Å²) in [4.78, 5) is 27.2. The van der Waals surface area contributed by atoms with Crippen molar-refractivity contribution in [3.63, 3.8) is 0 Å². The Hall–Kier alpha value is -1.62. The molecule has 300 valence electrons. The first-order valence-corrected chi connectivity index (χ1v) is 22.2. The van der Waals surface area contributed by atoms with Crippen molar-refractivity contribution in [2.75, 3.05) is 27.2 Å². The maximum absolute atomic E-state index is 12.6. The van der Waals surface area contributed by atoms with Crippen LogP contribution >= 0.6 is 0 Å². The van der Waals surface area contributed by atoms with E-state index in [4.69, 9.17) is 9.47 Å². The third kappa shape index (κ3) is 37.9. The van der Waals surface area contributed by atoms with E-state index >= 15 is 0 Å². The Morgan fingerprint density at radius 1 is 0.510 bits per heavy atom. The van der Waals surface area contributed by atoms with E-state index in [1.165, 1.54) is 135 Å². The lowest BCUT2D eigenvalue weighted by molar-refractivity contribution is -0.152. The monoisotopic (exact) mass is 718 g/mol. The molecule has 0 aromatic rings. The summed E-state index contributed by atoms with van der Waals surface area (Å²) in [5.41, 5.74) is 0. The fourth-order valence-electron chi connectivity index (χ4n) is 6.81. The van der Waals surface area contributed by atoms with Gasteiger partial charge in [0.15, 0.2) is 0 Å². The van der Waals surface area contributed by atoms with E-state index < -0.39 is 0 Å². The number of nitrogens with zero attached hydrogens (tertiary/aromatic N) is 1. The number of rotatable bonds is 39. The highest BCUT2D eigenvalue weighted by molar-refractivity contribution is 5.70. The topological polar surface area (TPSA) is 55.8 Å². The van der Waals surface area contributed by atoms with Crippen LogP contribution in [0.2, 0.25) is 0 Å². The van der Waals surface area contributed by atoms with Gasteiger partial charge < -0.3 is 14.4 Å². The molecule has 0 saturated carbocycles. The Morgan fingerprint density at radius 3 is 1.57 bits per heavy atom. The highest BCUT2D eigenvalue weighted by Gasteiger charge is 2.16. The molecule has 0 aliphatic heterocycles. The molecule has 0 bridgehead atoms. The Bertz CT molecular complexity index is 795. The second-order valence-corrected chi connectivity index (χ2v) is 15.6. The lowest BCUT2D eigenvalue weighted by Crippen LogP contribution is -2.22. The summed E-state index contributed by atoms with van der Waals surface area (Å²) in [5, 5.41) is 0. The van der Waals surface area contributed by atoms with Crippen LogP contribution < -0.4 is 0 Å². The number of carbonyl (C=O) groups is 2. The van der Waals surface area contributed by atoms with Gasteiger partial charge in [0, 0.05) is 19.3 Å². The first kappa shape index (κ1) is 49.4. The number of unbranched alkanes of at least 4 members (excludes halogenated alkanes) is 17. The Morgan fingerprint density at radius 2 is 0.980 bits per heavy atom. The molecule has 0 N–H and O–H groups in total. The average Bonchev–Trinajstić information content (AvgIpc) is 3.10. The van der Waals surface area contributed by atoms with Gasteiger partial charge in [0.2, 0.25) is 0 Å². The van der Waals surface area contributed by atoms with Crippen molar-refractivity contribution in [3.05, 3.63) is 24.3 Å². The van der Waals surface area contributed by atoms with Gasteiger partial charge in [-0.05, 0) is 84.3 Å². The van der Waals surface area contributed by atoms with Crippen LogP contribution in [0.4, 0.5) is 0 Å². The third-order valence-corrected chi connectivity index (χ3v) is 10.1. The molecule has 0 aliphatic carbocycles. The van der Waals surface area contributed by atoms with Crippen LogP contribution in [0.3, 0.4) is 0 Å². The van der Waals surface area contributed by atoms with Gasteiger partial charge in [-0.3, -0.25) is 9.59 Å². The molecule has 0 fully saturated rings. The van der Waals surface area contributed by atoms with E-state index in [0.717, 1.165) is 57.4 Å². The lowest BCUT2D eigenvalue weighted by atomic mass is 9.89. The van der Waals surface area contributed by atoms with Crippen molar-refractivity contribution in [1.82, 2.24) is 4.90 Å². The molecule has 0 heterocycles. The van der Waals surface area contributed by atoms with Crippen molar-refractivity contribution in [2.45, 2.75) is 226 Å². The Labute approximate surface area is 318 Å². The summed E-state index contributed by atoms with van der Waals surface area (Å²) >= 11 is 0. The van der Waals surface area contributed by atoms with Crippen LogP contribution in [0, 0.1) is 5.92 Å². The van der Waals surface area contributed by atoms with Gasteiger partial charge in [0.05, 0.1) is 6.61 Å². The summed E-state index contributed by atoms with van der Waals surface area (Å²) in [5.74, 6) is 0.635. The lowest BCUT2D eigenvalue weighted by Gasteiger charge is -2.19. The van der Waals surface area contributed by atoms with Crippen LogP contribution in [-0.2, 0) is 19.1 Å². The van der Waals surface area contributed by atoms with E-state index in [1.807, 2.05) is 14.1 Å². The van der Waals surface area contributed by atoms with Gasteiger partial charge in [-0.15, -0.1) is 0 Å². The number of hydrogen-bond acceptors (Lipinski definition) is 5. The van der Waals surface area contributed by atoms with Crippen molar-refractivity contribution in [1.29, 1.82) is 0 Å². The van der Waals surface area contributed by atoms with E-state index in [1.54, 1.807) is 0 Å². The number of esters is 2. The summed E-state index contributed by atoms with van der Waals surface area (Å²) in [6.45, 7) is 8.04. The van der Waals surface area contributed by atoms with Crippen molar-refractivity contribution in [3.8, 4) is 0 Å². The van der Waals surface area contributed by atoms with Gasteiger partial charge in [0.1, 0.15) is 6.10 Å². The van der Waals surface area contributed by atoms with Crippen LogP contribution in [0.25, 0.3) is 0 Å². The molecule has 0 rings (SSSR count). The SMILES string of the molecule is CCCCCC=CCC=CCCCCCCCCC(CCOC(=O)CCCCCC(CCCCCC)CCCCCC)OC(=O)CCCN(C)C. The van der Waals surface area contributed by atoms with E-state index in [2.05, 4.69) is 50.0 Å². The van der Waals surface area contributed by atoms with Crippen LogP contribution in [0.5, 0.6) is 0 Å². The minimum Gasteiger partial charge on any atom is -0.466 e. The predicted octanol–water partition coefficient (Wildman–Crippen LogP) is 13.9. The van der Waals surface area contributed by atoms with Crippen molar-refractivity contribution < 1.29 is 19.1 Å². The fraction of sp³-hybridized carbons (Fsp3) is 0.870. The summed E-state index contributed by atoms with van der Waals surface area (Å²) in [7, 11) is 4.05. The second-order valence-electron chi connectivity index (χ2n) is 15.6. The number of hydrogen-bond donors (Lipinski definition) is 0. The molecule has 5 heteroatoms. The maximum atomic E-state index is 12.6. The largest absolute Gasteiger partial charge is 0.466 e. The molecular formula is C46H87NO4. The zero-order valence-electron chi connectivity index (χ0n) is 34.9. The minimum atomic E-state index is -0.165. The summed E-state index contributed by atoms with van der Waals surface area (Å²) in [6, 6.07) is 0. The van der Waals surface area contributed by atoms with E-state index in [0.29, 0.717) is 25.9 Å². The summed E-state index contributed by atoms with van der Waals surface area (Å²) in [6.07, 6.45) is 45.0. The van der Waals surface area contributed by atoms with Crippen LogP contribution in [-0.4, -0.2) is 50.2 Å². The third-order valence-electron chi connectivity index (χ3n) is 10.1. The molecule has 0 aliphatic rings. The fourth-order valence-corrected chi connectivity index (χ4v) is 6.81. The maximum Gasteiger partial charge on any atom is 0.306 e. The first-order chi connectivity index (χ1) is 24.9. The molecule has 0 spiro atoms. The smallest absolute Gasteiger partial charge is 0.306 e. The molecule has 0 radical (unpaired) electrons. The molecule has 1 unspecified atom stereocenters. The highest BCUT2D eigenvalue weighted by Crippen LogP contribution is 2.24. The average molecular weight is 718 g/mol. The van der Waals surface area contributed by atoms with Crippen molar-refractivity contribution >= 4 is 11.9 Å². The molecule has 0 aromatic carbocycles. The molecule has 0 saturated heterocycles. The van der Waals surface area contributed by atoms with Gasteiger partial charge >= 0.3 is 11.9 Å². The van der Waals surface area contributed by atoms with Gasteiger partial charge in [-0.25, -0.2) is 0 Å². The Kier molecular flexibility index (Phi) is 38.3. The number of carbonyl (C=O) groups excluding carboxylic acids is 2. The molecule has 0 aromatic heterocycles. The second kappa shape index (κ2) is 39.6. The molecular weight excluding hydrogens is 631 g/mol. The van der Waals surface area contributed by atoms with E-state index in [9.17, 15) is 9.59 Å². The van der Waals surface area contributed by atoms with E-state index in [-0.39, 0.29) is 18.0 Å². The predicted molar refractivity (Wildman–Crippen MR) is 221 cm³/mol.